The van der Waals surface area contributed by atoms with Gasteiger partial charge in [0.25, 0.3) is 0 Å². The largest absolute Gasteiger partial charge is 0.383 e. The van der Waals surface area contributed by atoms with E-state index in [0.717, 1.165) is 47.8 Å². The van der Waals surface area contributed by atoms with Gasteiger partial charge >= 0.3 is 0 Å². The third-order valence-corrected chi connectivity index (χ3v) is 7.61. The van der Waals surface area contributed by atoms with E-state index in [0.29, 0.717) is 19.4 Å². The van der Waals surface area contributed by atoms with E-state index in [1.165, 1.54) is 10.8 Å². The smallest absolute Gasteiger partial charge is 0.243 e. The van der Waals surface area contributed by atoms with Crippen LogP contribution in [0.1, 0.15) is 24.0 Å². The van der Waals surface area contributed by atoms with Crippen molar-refractivity contribution in [1.29, 1.82) is 0 Å². The van der Waals surface area contributed by atoms with E-state index in [4.69, 9.17) is 4.74 Å². The molecule has 39 heavy (non-hydrogen) atoms. The van der Waals surface area contributed by atoms with Crippen molar-refractivity contribution in [3.8, 4) is 0 Å². The Morgan fingerprint density at radius 2 is 1.36 bits per heavy atom. The SMILES string of the molecule is COC[C@@H](Cc1ccc2ccccc2c1)NC(=O)[C@@H](Cc1ccc2ccccc2c1)NC(=O)C1CCNCC1. The number of benzene rings is 4. The van der Waals surface area contributed by atoms with Crippen LogP contribution in [0.4, 0.5) is 0 Å². The topological polar surface area (TPSA) is 79.5 Å². The predicted molar refractivity (Wildman–Crippen MR) is 157 cm³/mol. The first-order chi connectivity index (χ1) is 19.1. The van der Waals surface area contributed by atoms with Gasteiger partial charge < -0.3 is 20.7 Å². The Balaban J connectivity index is 1.34. The van der Waals surface area contributed by atoms with Crippen LogP contribution < -0.4 is 16.0 Å². The van der Waals surface area contributed by atoms with Crippen molar-refractivity contribution in [3.63, 3.8) is 0 Å². The summed E-state index contributed by atoms with van der Waals surface area (Å²) in [7, 11) is 1.64. The number of hydrogen-bond acceptors (Lipinski definition) is 4. The fourth-order valence-corrected chi connectivity index (χ4v) is 5.49. The van der Waals surface area contributed by atoms with Crippen LogP contribution in [-0.2, 0) is 27.2 Å². The molecular formula is C33H37N3O3. The van der Waals surface area contributed by atoms with Crippen LogP contribution in [0.15, 0.2) is 84.9 Å². The first-order valence-corrected chi connectivity index (χ1v) is 13.8. The lowest BCUT2D eigenvalue weighted by molar-refractivity contribution is -0.132. The number of nitrogens with one attached hydrogen (secondary N) is 3. The lowest BCUT2D eigenvalue weighted by Crippen LogP contribution is -2.53. The van der Waals surface area contributed by atoms with E-state index in [9.17, 15) is 9.59 Å². The van der Waals surface area contributed by atoms with Crippen LogP contribution in [0.25, 0.3) is 21.5 Å². The minimum Gasteiger partial charge on any atom is -0.383 e. The van der Waals surface area contributed by atoms with Crippen LogP contribution >= 0.6 is 0 Å². The third kappa shape index (κ3) is 7.02. The van der Waals surface area contributed by atoms with Crippen LogP contribution in [0.3, 0.4) is 0 Å². The molecule has 1 aliphatic rings. The molecule has 0 saturated carbocycles. The van der Waals surface area contributed by atoms with E-state index in [1.54, 1.807) is 7.11 Å². The number of fused-ring (bicyclic) bond motifs is 2. The van der Waals surface area contributed by atoms with Crippen LogP contribution in [0.5, 0.6) is 0 Å². The van der Waals surface area contributed by atoms with E-state index in [1.807, 2.05) is 30.3 Å². The Labute approximate surface area is 230 Å². The molecule has 0 spiro atoms. The van der Waals surface area contributed by atoms with Gasteiger partial charge in [-0.25, -0.2) is 0 Å². The van der Waals surface area contributed by atoms with Gasteiger partial charge in [0.2, 0.25) is 11.8 Å². The first-order valence-electron chi connectivity index (χ1n) is 13.8. The average molecular weight is 524 g/mol. The fourth-order valence-electron chi connectivity index (χ4n) is 5.49. The van der Waals surface area contributed by atoms with Crippen LogP contribution in [0.2, 0.25) is 0 Å². The highest BCUT2D eigenvalue weighted by Crippen LogP contribution is 2.19. The van der Waals surface area contributed by atoms with Crippen molar-refractivity contribution in [2.75, 3.05) is 26.8 Å². The lowest BCUT2D eigenvalue weighted by atomic mass is 9.95. The maximum atomic E-state index is 13.7. The first kappa shape index (κ1) is 26.9. The summed E-state index contributed by atoms with van der Waals surface area (Å²) in [5, 5.41) is 14.2. The van der Waals surface area contributed by atoms with Gasteiger partial charge in [-0.15, -0.1) is 0 Å². The molecule has 1 saturated heterocycles. The Morgan fingerprint density at radius 1 is 0.795 bits per heavy atom. The second kappa shape index (κ2) is 12.9. The molecule has 0 aliphatic carbocycles. The van der Waals surface area contributed by atoms with Gasteiger partial charge in [-0.2, -0.15) is 0 Å². The zero-order chi connectivity index (χ0) is 27.0. The molecule has 0 unspecified atom stereocenters. The molecule has 6 nitrogen and oxygen atoms in total. The minimum atomic E-state index is -0.676. The molecule has 4 aromatic carbocycles. The number of carbonyl (C=O) groups excluding carboxylic acids is 2. The molecule has 4 aromatic rings. The van der Waals surface area contributed by atoms with Crippen molar-refractivity contribution in [2.45, 2.75) is 37.8 Å². The van der Waals surface area contributed by atoms with Gasteiger partial charge in [-0.1, -0.05) is 84.9 Å². The second-order valence-corrected chi connectivity index (χ2v) is 10.5. The van der Waals surface area contributed by atoms with Crippen molar-refractivity contribution in [2.24, 2.45) is 5.92 Å². The van der Waals surface area contributed by atoms with Gasteiger partial charge in [0.05, 0.1) is 12.6 Å². The normalized spacial score (nSPS) is 15.6. The summed E-state index contributed by atoms with van der Waals surface area (Å²) in [4.78, 5) is 26.9. The molecule has 2 amide bonds. The molecule has 0 aromatic heterocycles. The molecule has 0 bridgehead atoms. The molecule has 1 heterocycles. The zero-order valence-electron chi connectivity index (χ0n) is 22.5. The number of hydrogen-bond donors (Lipinski definition) is 3. The second-order valence-electron chi connectivity index (χ2n) is 10.5. The quantitative estimate of drug-likeness (QED) is 0.288. The summed E-state index contributed by atoms with van der Waals surface area (Å²) >= 11 is 0. The summed E-state index contributed by atoms with van der Waals surface area (Å²) in [5.74, 6) is -0.311. The molecule has 2 atom stereocenters. The van der Waals surface area contributed by atoms with Crippen molar-refractivity contribution >= 4 is 33.4 Å². The molecule has 0 radical (unpaired) electrons. The lowest BCUT2D eigenvalue weighted by Gasteiger charge is -2.27. The third-order valence-electron chi connectivity index (χ3n) is 7.61. The van der Waals surface area contributed by atoms with Crippen LogP contribution in [-0.4, -0.2) is 50.7 Å². The number of carbonyl (C=O) groups is 2. The van der Waals surface area contributed by atoms with Gasteiger partial charge in [0.15, 0.2) is 0 Å². The molecule has 1 aliphatic heterocycles. The Bertz CT molecular complexity index is 1430. The van der Waals surface area contributed by atoms with E-state index in [2.05, 4.69) is 70.5 Å². The number of piperidine rings is 1. The number of methoxy groups -OCH3 is 1. The summed E-state index contributed by atoms with van der Waals surface area (Å²) in [6.45, 7) is 2.02. The van der Waals surface area contributed by atoms with Crippen LogP contribution in [0, 0.1) is 5.92 Å². The highest BCUT2D eigenvalue weighted by atomic mass is 16.5. The standard InChI is InChI=1S/C33H37N3O3/c1-39-22-30(20-23-10-12-25-6-2-4-8-28(25)18-23)35-33(38)31(36-32(37)27-14-16-34-17-15-27)21-24-11-13-26-7-3-5-9-29(26)19-24/h2-13,18-19,27,30-31,34H,14-17,20-22H2,1H3,(H,35,38)(H,36,37)/t30-,31-/m1/s1. The van der Waals surface area contributed by atoms with Gasteiger partial charge in [-0.3, -0.25) is 9.59 Å². The number of ether oxygens (including phenoxy) is 1. The van der Waals surface area contributed by atoms with Gasteiger partial charge in [0.1, 0.15) is 6.04 Å². The molecule has 6 heteroatoms. The van der Waals surface area contributed by atoms with Gasteiger partial charge in [-0.05, 0) is 65.0 Å². The maximum absolute atomic E-state index is 13.7. The fraction of sp³-hybridized carbons (Fsp3) is 0.333. The molecular weight excluding hydrogens is 486 g/mol. The Kier molecular flexibility index (Phi) is 8.86. The Morgan fingerprint density at radius 3 is 1.95 bits per heavy atom. The monoisotopic (exact) mass is 523 g/mol. The number of amides is 2. The Hall–Kier alpha value is -3.74. The molecule has 1 fully saturated rings. The molecule has 202 valence electrons. The molecule has 5 rings (SSSR count). The van der Waals surface area contributed by atoms with Crippen molar-refractivity contribution in [1.82, 2.24) is 16.0 Å². The summed E-state index contributed by atoms with van der Waals surface area (Å²) in [6, 6.07) is 28.1. The van der Waals surface area contributed by atoms with E-state index in [-0.39, 0.29) is 23.8 Å². The number of rotatable bonds is 10. The van der Waals surface area contributed by atoms with Crippen molar-refractivity contribution in [3.05, 3.63) is 96.1 Å². The molecule has 3 N–H and O–H groups in total. The maximum Gasteiger partial charge on any atom is 0.243 e. The summed E-state index contributed by atoms with van der Waals surface area (Å²) in [6.07, 6.45) is 2.62. The van der Waals surface area contributed by atoms with Crippen molar-refractivity contribution < 1.29 is 14.3 Å². The highest BCUT2D eigenvalue weighted by molar-refractivity contribution is 5.89. The van der Waals surface area contributed by atoms with E-state index >= 15 is 0 Å². The minimum absolute atomic E-state index is 0.0461. The highest BCUT2D eigenvalue weighted by Gasteiger charge is 2.28. The predicted octanol–water partition coefficient (Wildman–Crippen LogP) is 4.39. The average Bonchev–Trinajstić information content (AvgIpc) is 2.97. The summed E-state index contributed by atoms with van der Waals surface area (Å²) < 4.78 is 5.48. The van der Waals surface area contributed by atoms with Gasteiger partial charge in [0, 0.05) is 19.4 Å². The summed E-state index contributed by atoms with van der Waals surface area (Å²) in [5.41, 5.74) is 2.14. The van der Waals surface area contributed by atoms with E-state index < -0.39 is 6.04 Å². The zero-order valence-corrected chi connectivity index (χ0v) is 22.5.